The Balaban J connectivity index is 1.64. The van der Waals surface area contributed by atoms with Gasteiger partial charge in [0.1, 0.15) is 0 Å². The third-order valence-electron chi connectivity index (χ3n) is 5.37. The topological polar surface area (TPSA) is 167 Å². The molecule has 0 atom stereocenters. The number of carbonyl (C=O) groups is 1. The Labute approximate surface area is 212 Å². The molecule has 14 heteroatoms. The number of piperazine rings is 1. The largest absolute Gasteiger partial charge is 0.490 e. The van der Waals surface area contributed by atoms with Crippen LogP contribution in [0.2, 0.25) is 0 Å². The Morgan fingerprint density at radius 3 is 2.50 bits per heavy atom. The van der Waals surface area contributed by atoms with Gasteiger partial charge in [-0.2, -0.15) is 5.10 Å². The van der Waals surface area contributed by atoms with Crippen molar-refractivity contribution in [1.82, 2.24) is 30.5 Å². The lowest BCUT2D eigenvalue weighted by atomic mass is 10.3. The summed E-state index contributed by atoms with van der Waals surface area (Å²) in [5.74, 6) is 1.98. The molecule has 0 bridgehead atoms. The molecule has 1 amide bonds. The van der Waals surface area contributed by atoms with E-state index >= 15 is 0 Å². The lowest BCUT2D eigenvalue weighted by molar-refractivity contribution is -0.114. The lowest BCUT2D eigenvalue weighted by Crippen LogP contribution is -2.52. The third kappa shape index (κ3) is 5.95. The number of benzene rings is 1. The number of aryl methyl sites for hydroxylation is 1. The van der Waals surface area contributed by atoms with Crippen molar-refractivity contribution in [3.63, 3.8) is 0 Å². The van der Waals surface area contributed by atoms with E-state index in [-0.39, 0.29) is 11.9 Å². The highest BCUT2D eigenvalue weighted by molar-refractivity contribution is 7.99. The number of nitrogens with one attached hydrogen (secondary N) is 5. The average Bonchev–Trinajstić information content (AvgIpc) is 3.28. The van der Waals surface area contributed by atoms with Gasteiger partial charge in [-0.3, -0.25) is 20.5 Å². The van der Waals surface area contributed by atoms with Crippen molar-refractivity contribution in [2.24, 2.45) is 0 Å². The molecule has 1 aliphatic heterocycles. The second-order valence-electron chi connectivity index (χ2n) is 8.01. The maximum Gasteiger partial charge on any atom is 0.221 e. The van der Waals surface area contributed by atoms with Gasteiger partial charge in [-0.15, -0.1) is 0 Å². The van der Waals surface area contributed by atoms with Gasteiger partial charge in [-0.1, -0.05) is 0 Å². The van der Waals surface area contributed by atoms with E-state index in [1.165, 1.54) is 18.7 Å². The number of aromatic nitrogens is 4. The highest BCUT2D eigenvalue weighted by Crippen LogP contribution is 2.38. The van der Waals surface area contributed by atoms with Crippen LogP contribution in [0.5, 0.6) is 5.75 Å². The van der Waals surface area contributed by atoms with E-state index in [1.54, 1.807) is 12.0 Å². The Bertz CT molecular complexity index is 1230. The van der Waals surface area contributed by atoms with Crippen molar-refractivity contribution < 1.29 is 14.7 Å². The molecular formula is C22H28N10O3S. The Kier molecular flexibility index (Phi) is 7.75. The van der Waals surface area contributed by atoms with Gasteiger partial charge in [0.15, 0.2) is 22.6 Å². The number of aromatic amines is 1. The number of methoxy groups -OCH3 is 1. The summed E-state index contributed by atoms with van der Waals surface area (Å²) < 4.78 is 5.74. The van der Waals surface area contributed by atoms with Crippen LogP contribution in [-0.2, 0) is 4.79 Å². The van der Waals surface area contributed by atoms with E-state index in [1.807, 2.05) is 42.7 Å². The minimum atomic E-state index is -0.132. The first-order chi connectivity index (χ1) is 17.4. The number of amides is 1. The molecule has 1 aromatic carbocycles. The molecule has 190 valence electrons. The molecule has 3 aromatic rings. The normalized spacial score (nSPS) is 13.3. The van der Waals surface area contributed by atoms with Crippen molar-refractivity contribution in [2.45, 2.75) is 23.9 Å². The number of carbonyl (C=O) groups excluding carboxylic acids is 1. The zero-order valence-corrected chi connectivity index (χ0v) is 20.9. The van der Waals surface area contributed by atoms with Gasteiger partial charge < -0.3 is 25.2 Å². The quantitative estimate of drug-likeness (QED) is 0.119. The molecule has 4 rings (SSSR count). The van der Waals surface area contributed by atoms with Crippen LogP contribution in [0.3, 0.4) is 0 Å². The molecule has 6 N–H and O–H groups in total. The van der Waals surface area contributed by atoms with Gasteiger partial charge in [0, 0.05) is 55.4 Å². The van der Waals surface area contributed by atoms with Gasteiger partial charge >= 0.3 is 0 Å². The minimum absolute atomic E-state index is 0.0421. The van der Waals surface area contributed by atoms with Gasteiger partial charge in [0.05, 0.1) is 7.11 Å². The molecule has 1 aliphatic rings. The van der Waals surface area contributed by atoms with Crippen LogP contribution in [0.4, 0.5) is 23.1 Å². The van der Waals surface area contributed by atoms with Crippen molar-refractivity contribution in [3.05, 3.63) is 36.0 Å². The number of ether oxygens (including phenoxy) is 1. The standard InChI is InChI=1S/C22H28N10O3S/c1-13-12-17(29-28-13)25-19-18(35-3)20(31-8-10-32(11-9-31)21(23)30-34)27-22(26-19)36-16-6-4-15(5-7-16)24-14(2)33/h4-7,12,34H,8-11H2,1-3H3,(H2,23,30)(H,24,33)(H2,25,26,27,28,29). The number of H-pyrrole nitrogens is 1. The summed E-state index contributed by atoms with van der Waals surface area (Å²) in [6.45, 7) is 5.54. The van der Waals surface area contributed by atoms with E-state index in [4.69, 9.17) is 25.3 Å². The van der Waals surface area contributed by atoms with Crippen LogP contribution in [0.15, 0.2) is 40.4 Å². The number of guanidine groups is 1. The summed E-state index contributed by atoms with van der Waals surface area (Å²) in [4.78, 5) is 25.5. The summed E-state index contributed by atoms with van der Waals surface area (Å²) in [6.07, 6.45) is 0. The number of anilines is 4. The first kappa shape index (κ1) is 25.1. The predicted octanol–water partition coefficient (Wildman–Crippen LogP) is 2.41. The number of rotatable bonds is 7. The van der Waals surface area contributed by atoms with E-state index in [0.717, 1.165) is 10.6 Å². The van der Waals surface area contributed by atoms with Crippen molar-refractivity contribution in [1.29, 1.82) is 5.41 Å². The third-order valence-corrected chi connectivity index (χ3v) is 6.24. The average molecular weight is 513 g/mol. The van der Waals surface area contributed by atoms with Crippen molar-refractivity contribution in [2.75, 3.05) is 48.8 Å². The molecule has 13 nitrogen and oxygen atoms in total. The van der Waals surface area contributed by atoms with Crippen LogP contribution in [0.1, 0.15) is 12.6 Å². The molecule has 1 saturated heterocycles. The van der Waals surface area contributed by atoms with Crippen LogP contribution >= 0.6 is 11.8 Å². The van der Waals surface area contributed by atoms with Crippen LogP contribution < -0.4 is 25.8 Å². The summed E-state index contributed by atoms with van der Waals surface area (Å²) in [5.41, 5.74) is 3.50. The second kappa shape index (κ2) is 11.1. The zero-order chi connectivity index (χ0) is 25.7. The first-order valence-electron chi connectivity index (χ1n) is 11.2. The van der Waals surface area contributed by atoms with E-state index in [2.05, 4.69) is 25.7 Å². The van der Waals surface area contributed by atoms with Gasteiger partial charge in [-0.05, 0) is 43.0 Å². The highest BCUT2D eigenvalue weighted by atomic mass is 32.2. The molecule has 0 saturated carbocycles. The van der Waals surface area contributed by atoms with E-state index in [9.17, 15) is 4.79 Å². The Morgan fingerprint density at radius 2 is 1.92 bits per heavy atom. The molecular weight excluding hydrogens is 484 g/mol. The monoisotopic (exact) mass is 512 g/mol. The zero-order valence-electron chi connectivity index (χ0n) is 20.1. The molecule has 0 spiro atoms. The fraction of sp³-hybridized carbons (Fsp3) is 0.318. The number of hydrogen-bond donors (Lipinski definition) is 6. The van der Waals surface area contributed by atoms with Gasteiger partial charge in [0.25, 0.3) is 0 Å². The molecule has 1 fully saturated rings. The fourth-order valence-corrected chi connectivity index (χ4v) is 4.43. The number of hydrogen-bond acceptors (Lipinski definition) is 10. The minimum Gasteiger partial charge on any atom is -0.490 e. The number of nitrogens with zero attached hydrogens (tertiary/aromatic N) is 5. The summed E-state index contributed by atoms with van der Waals surface area (Å²) >= 11 is 1.38. The smallest absolute Gasteiger partial charge is 0.221 e. The number of hydroxylamine groups is 1. The second-order valence-corrected chi connectivity index (χ2v) is 9.06. The highest BCUT2D eigenvalue weighted by Gasteiger charge is 2.26. The van der Waals surface area contributed by atoms with E-state index < -0.39 is 0 Å². The maximum atomic E-state index is 11.3. The van der Waals surface area contributed by atoms with Crippen LogP contribution in [0.25, 0.3) is 0 Å². The summed E-state index contributed by atoms with van der Waals surface area (Å²) in [5, 5.41) is 30.5. The van der Waals surface area contributed by atoms with Crippen molar-refractivity contribution >= 4 is 46.8 Å². The summed E-state index contributed by atoms with van der Waals surface area (Å²) in [7, 11) is 1.57. The van der Waals surface area contributed by atoms with Crippen LogP contribution in [0, 0.1) is 12.3 Å². The molecule has 0 unspecified atom stereocenters. The van der Waals surface area contributed by atoms with Crippen LogP contribution in [-0.4, -0.2) is 75.4 Å². The van der Waals surface area contributed by atoms with Crippen molar-refractivity contribution in [3.8, 4) is 5.75 Å². The van der Waals surface area contributed by atoms with E-state index in [0.29, 0.717) is 60.2 Å². The fourth-order valence-electron chi connectivity index (χ4n) is 3.68. The molecule has 36 heavy (non-hydrogen) atoms. The van der Waals surface area contributed by atoms with Gasteiger partial charge in [-0.25, -0.2) is 15.4 Å². The maximum absolute atomic E-state index is 11.3. The molecule has 3 heterocycles. The predicted molar refractivity (Wildman–Crippen MR) is 136 cm³/mol. The lowest BCUT2D eigenvalue weighted by Gasteiger charge is -2.36. The molecule has 2 aromatic heterocycles. The Morgan fingerprint density at radius 1 is 1.19 bits per heavy atom. The van der Waals surface area contributed by atoms with Gasteiger partial charge in [0.2, 0.25) is 17.6 Å². The first-order valence-corrected chi connectivity index (χ1v) is 12.0. The molecule has 0 radical (unpaired) electrons. The Hall–Kier alpha value is -4.04. The summed E-state index contributed by atoms with van der Waals surface area (Å²) in [6, 6.07) is 9.28. The SMILES string of the molecule is COc1c(Nc2cc(C)[nH]n2)nc(Sc2ccc(NC(C)=O)cc2)nc1N1CCN(C(=N)NO)CC1. The molecule has 0 aliphatic carbocycles.